The van der Waals surface area contributed by atoms with E-state index in [1.54, 1.807) is 30.3 Å². The van der Waals surface area contributed by atoms with Crippen LogP contribution < -0.4 is 0 Å². The van der Waals surface area contributed by atoms with Crippen LogP contribution in [-0.4, -0.2) is 4.92 Å². The summed E-state index contributed by atoms with van der Waals surface area (Å²) in [4.78, 5) is 10.9. The number of nitro benzene ring substituents is 1. The maximum Gasteiger partial charge on any atom is 0.274 e. The maximum atomic E-state index is 11.3. The summed E-state index contributed by atoms with van der Waals surface area (Å²) >= 11 is 12.2. The first kappa shape index (κ1) is 18.3. The van der Waals surface area contributed by atoms with Gasteiger partial charge in [0.05, 0.1) is 21.9 Å². The average Bonchev–Trinajstić information content (AvgIpc) is 2.49. The highest BCUT2D eigenvalue weighted by atomic mass is 35.5. The Morgan fingerprint density at radius 2 is 1.75 bits per heavy atom. The van der Waals surface area contributed by atoms with Crippen LogP contribution >= 0.6 is 23.2 Å². The number of nitriles is 1. The highest BCUT2D eigenvalue weighted by Gasteiger charge is 2.29. The van der Waals surface area contributed by atoms with Crippen molar-refractivity contribution in [1.29, 1.82) is 5.26 Å². The van der Waals surface area contributed by atoms with E-state index in [2.05, 4.69) is 6.07 Å². The van der Waals surface area contributed by atoms with Gasteiger partial charge in [-0.1, -0.05) is 56.1 Å². The Kier molecular flexibility index (Phi) is 5.17. The molecule has 2 rings (SSSR count). The van der Waals surface area contributed by atoms with E-state index in [-0.39, 0.29) is 10.7 Å². The van der Waals surface area contributed by atoms with E-state index < -0.39 is 16.3 Å². The fourth-order valence-electron chi connectivity index (χ4n) is 2.53. The third kappa shape index (κ3) is 3.69. The number of hydrogen-bond donors (Lipinski definition) is 0. The molecule has 1 unspecified atom stereocenters. The van der Waals surface area contributed by atoms with Crippen molar-refractivity contribution in [2.75, 3.05) is 0 Å². The standard InChI is InChI=1S/C18H16Cl2N2O2/c1-18(2,3)15-8-13(16(20)9-17(15)22(23)24)14(10-21)11-4-6-12(19)7-5-11/h4-9,14H,1-3H3. The van der Waals surface area contributed by atoms with E-state index in [0.717, 1.165) is 5.56 Å². The summed E-state index contributed by atoms with van der Waals surface area (Å²) in [6, 6.07) is 12.1. The van der Waals surface area contributed by atoms with E-state index in [0.29, 0.717) is 16.1 Å². The summed E-state index contributed by atoms with van der Waals surface area (Å²) in [6.07, 6.45) is 0. The molecule has 2 aromatic carbocycles. The molecule has 0 heterocycles. The molecule has 0 aromatic heterocycles. The first-order valence-electron chi connectivity index (χ1n) is 7.28. The zero-order valence-corrected chi connectivity index (χ0v) is 15.0. The largest absolute Gasteiger partial charge is 0.274 e. The van der Waals surface area contributed by atoms with Crippen molar-refractivity contribution in [3.05, 3.63) is 73.2 Å². The topological polar surface area (TPSA) is 66.9 Å². The first-order chi connectivity index (χ1) is 11.1. The van der Waals surface area contributed by atoms with Crippen LogP contribution in [0, 0.1) is 21.4 Å². The van der Waals surface area contributed by atoms with Gasteiger partial charge in [0.1, 0.15) is 0 Å². The summed E-state index contributed by atoms with van der Waals surface area (Å²) < 4.78 is 0. The monoisotopic (exact) mass is 362 g/mol. The Morgan fingerprint density at radius 1 is 1.17 bits per heavy atom. The van der Waals surface area contributed by atoms with Gasteiger partial charge in [-0.25, -0.2) is 0 Å². The van der Waals surface area contributed by atoms with Gasteiger partial charge in [-0.15, -0.1) is 0 Å². The lowest BCUT2D eigenvalue weighted by Gasteiger charge is -2.22. The number of halogens is 2. The van der Waals surface area contributed by atoms with Crippen LogP contribution in [0.3, 0.4) is 0 Å². The van der Waals surface area contributed by atoms with E-state index in [4.69, 9.17) is 23.2 Å². The highest BCUT2D eigenvalue weighted by Crippen LogP contribution is 2.39. The lowest BCUT2D eigenvalue weighted by Crippen LogP contribution is -2.15. The quantitative estimate of drug-likeness (QED) is 0.507. The smallest absolute Gasteiger partial charge is 0.258 e. The average molecular weight is 363 g/mol. The van der Waals surface area contributed by atoms with Gasteiger partial charge < -0.3 is 0 Å². The zero-order chi connectivity index (χ0) is 18.1. The number of hydrogen-bond acceptors (Lipinski definition) is 3. The number of rotatable bonds is 3. The van der Waals surface area contributed by atoms with Crippen LogP contribution in [-0.2, 0) is 5.41 Å². The van der Waals surface area contributed by atoms with Crippen LogP contribution in [0.4, 0.5) is 5.69 Å². The second-order valence-electron chi connectivity index (χ2n) is 6.51. The predicted molar refractivity (Wildman–Crippen MR) is 95.7 cm³/mol. The Morgan fingerprint density at radius 3 is 2.21 bits per heavy atom. The molecule has 0 aliphatic carbocycles. The summed E-state index contributed by atoms with van der Waals surface area (Å²) in [5.41, 5.74) is 1.33. The van der Waals surface area contributed by atoms with Crippen molar-refractivity contribution in [3.63, 3.8) is 0 Å². The van der Waals surface area contributed by atoms with Gasteiger partial charge >= 0.3 is 0 Å². The van der Waals surface area contributed by atoms with Crippen LogP contribution in [0.1, 0.15) is 43.4 Å². The minimum absolute atomic E-state index is 0.0379. The summed E-state index contributed by atoms with van der Waals surface area (Å²) in [7, 11) is 0. The van der Waals surface area contributed by atoms with Gasteiger partial charge in [-0.05, 0) is 34.7 Å². The van der Waals surface area contributed by atoms with Crippen molar-refractivity contribution in [3.8, 4) is 6.07 Å². The predicted octanol–water partition coefficient (Wildman–Crippen LogP) is 5.85. The number of benzene rings is 2. The Bertz CT molecular complexity index is 819. The molecular formula is C18H16Cl2N2O2. The van der Waals surface area contributed by atoms with Gasteiger partial charge in [-0.2, -0.15) is 5.26 Å². The summed E-state index contributed by atoms with van der Waals surface area (Å²) in [5.74, 6) is -0.628. The molecule has 24 heavy (non-hydrogen) atoms. The molecule has 124 valence electrons. The van der Waals surface area contributed by atoms with Gasteiger partial charge in [0.25, 0.3) is 5.69 Å². The van der Waals surface area contributed by atoms with Crippen LogP contribution in [0.2, 0.25) is 10.0 Å². The molecule has 1 atom stereocenters. The highest BCUT2D eigenvalue weighted by molar-refractivity contribution is 6.32. The molecule has 0 aliphatic heterocycles. The minimum Gasteiger partial charge on any atom is -0.258 e. The summed E-state index contributed by atoms with van der Waals surface area (Å²) in [5, 5.41) is 21.7. The molecule has 0 saturated carbocycles. The molecule has 4 nitrogen and oxygen atoms in total. The molecule has 0 fully saturated rings. The molecule has 0 radical (unpaired) electrons. The fourth-order valence-corrected chi connectivity index (χ4v) is 2.92. The Hall–Kier alpha value is -2.09. The first-order valence-corrected chi connectivity index (χ1v) is 8.04. The molecular weight excluding hydrogens is 347 g/mol. The lowest BCUT2D eigenvalue weighted by molar-refractivity contribution is -0.386. The van der Waals surface area contributed by atoms with Gasteiger partial charge in [0.2, 0.25) is 0 Å². The van der Waals surface area contributed by atoms with Gasteiger partial charge in [-0.3, -0.25) is 10.1 Å². The van der Waals surface area contributed by atoms with Crippen LogP contribution in [0.5, 0.6) is 0 Å². The third-order valence-corrected chi connectivity index (χ3v) is 4.34. The van der Waals surface area contributed by atoms with E-state index in [1.165, 1.54) is 6.07 Å². The van der Waals surface area contributed by atoms with Crippen LogP contribution in [0.15, 0.2) is 36.4 Å². The van der Waals surface area contributed by atoms with Gasteiger partial charge in [0.15, 0.2) is 0 Å². The number of nitrogens with zero attached hydrogens (tertiary/aromatic N) is 2. The molecule has 6 heteroatoms. The normalized spacial score (nSPS) is 12.5. The summed E-state index contributed by atoms with van der Waals surface area (Å²) in [6.45, 7) is 5.66. The Balaban J connectivity index is 2.67. The molecule has 0 aliphatic rings. The van der Waals surface area contributed by atoms with Crippen LogP contribution in [0.25, 0.3) is 0 Å². The fraction of sp³-hybridized carbons (Fsp3) is 0.278. The van der Waals surface area contributed by atoms with E-state index in [1.807, 2.05) is 20.8 Å². The second-order valence-corrected chi connectivity index (χ2v) is 7.36. The minimum atomic E-state index is -0.628. The zero-order valence-electron chi connectivity index (χ0n) is 13.5. The van der Waals surface area contributed by atoms with Crippen molar-refractivity contribution in [1.82, 2.24) is 0 Å². The second kappa shape index (κ2) is 6.80. The molecule has 2 aromatic rings. The molecule has 0 bridgehead atoms. The van der Waals surface area contributed by atoms with Crippen molar-refractivity contribution in [2.24, 2.45) is 0 Å². The maximum absolute atomic E-state index is 11.3. The third-order valence-electron chi connectivity index (χ3n) is 3.76. The van der Waals surface area contributed by atoms with Crippen molar-refractivity contribution in [2.45, 2.75) is 32.1 Å². The lowest BCUT2D eigenvalue weighted by atomic mass is 9.82. The van der Waals surface area contributed by atoms with E-state index in [9.17, 15) is 15.4 Å². The van der Waals surface area contributed by atoms with E-state index >= 15 is 0 Å². The molecule has 0 saturated heterocycles. The molecule has 0 N–H and O–H groups in total. The van der Waals surface area contributed by atoms with Crippen molar-refractivity contribution >= 4 is 28.9 Å². The number of nitro groups is 1. The molecule has 0 spiro atoms. The van der Waals surface area contributed by atoms with Gasteiger partial charge in [0, 0.05) is 16.7 Å². The van der Waals surface area contributed by atoms with Crippen molar-refractivity contribution < 1.29 is 4.92 Å². The Labute approximate surface area is 150 Å². The molecule has 0 amide bonds. The SMILES string of the molecule is CC(C)(C)c1cc(C(C#N)c2ccc(Cl)cc2)c(Cl)cc1[N+](=O)[O-].